The molecule has 0 unspecified atom stereocenters. The maximum absolute atomic E-state index is 14.0. The van der Waals surface area contributed by atoms with Gasteiger partial charge in [0.1, 0.15) is 17.2 Å². The van der Waals surface area contributed by atoms with Crippen LogP contribution in [-0.4, -0.2) is 26.2 Å². The minimum Gasteiger partial charge on any atom is -0.488 e. The molecule has 0 bridgehead atoms. The predicted molar refractivity (Wildman–Crippen MR) is 115 cm³/mol. The van der Waals surface area contributed by atoms with Gasteiger partial charge >= 0.3 is 0 Å². The molecule has 0 saturated heterocycles. The summed E-state index contributed by atoms with van der Waals surface area (Å²) in [6.45, 7) is 4.33. The first-order chi connectivity index (χ1) is 14.0. The number of anilines is 1. The fraction of sp³-hybridized carbons (Fsp3) is 0.409. The zero-order valence-corrected chi connectivity index (χ0v) is 18.2. The van der Waals surface area contributed by atoms with Crippen molar-refractivity contribution in [3.8, 4) is 5.75 Å². The van der Waals surface area contributed by atoms with Gasteiger partial charge in [-0.2, -0.15) is 0 Å². The smallest absolute Gasteiger partial charge is 0.229 e. The van der Waals surface area contributed by atoms with Gasteiger partial charge in [-0.25, -0.2) is 12.8 Å². The lowest BCUT2D eigenvalue weighted by molar-refractivity contribution is -0.121. The van der Waals surface area contributed by atoms with E-state index in [1.165, 1.54) is 17.7 Å². The molecular weight excluding hydrogens is 407 g/mol. The summed E-state index contributed by atoms with van der Waals surface area (Å²) < 4.78 is 44.5. The van der Waals surface area contributed by atoms with E-state index in [0.717, 1.165) is 30.4 Å². The molecule has 2 N–H and O–H groups in total. The fourth-order valence-corrected chi connectivity index (χ4v) is 3.93. The molecule has 6 nitrogen and oxygen atoms in total. The molecule has 0 spiro atoms. The number of carbonyl (C=O) groups excluding carboxylic acids is 1. The van der Waals surface area contributed by atoms with E-state index < -0.39 is 15.8 Å². The molecule has 0 fully saturated rings. The molecule has 3 rings (SSSR count). The number of nitrogens with one attached hydrogen (secondary N) is 2. The maximum atomic E-state index is 14.0. The minimum atomic E-state index is -3.55. The molecule has 0 atom stereocenters. The molecule has 162 valence electrons. The van der Waals surface area contributed by atoms with E-state index in [9.17, 15) is 17.6 Å². The van der Waals surface area contributed by atoms with Crippen LogP contribution in [0, 0.1) is 5.82 Å². The second-order valence-electron chi connectivity index (χ2n) is 8.27. The third-order valence-electron chi connectivity index (χ3n) is 4.97. The molecule has 0 radical (unpaired) electrons. The highest BCUT2D eigenvalue weighted by Crippen LogP contribution is 2.33. The zero-order chi connectivity index (χ0) is 21.9. The van der Waals surface area contributed by atoms with Crippen LogP contribution in [0.15, 0.2) is 36.4 Å². The molecule has 1 aliphatic heterocycles. The van der Waals surface area contributed by atoms with Crippen LogP contribution >= 0.6 is 0 Å². The number of ether oxygens (including phenoxy) is 1. The molecule has 1 heterocycles. The van der Waals surface area contributed by atoms with E-state index in [1.807, 2.05) is 12.1 Å². The molecule has 30 heavy (non-hydrogen) atoms. The molecule has 0 saturated carbocycles. The van der Waals surface area contributed by atoms with Gasteiger partial charge in [-0.1, -0.05) is 18.2 Å². The Hall–Kier alpha value is -2.61. The number of amides is 1. The van der Waals surface area contributed by atoms with Gasteiger partial charge in [0.15, 0.2) is 0 Å². The Morgan fingerprint density at radius 1 is 1.17 bits per heavy atom. The van der Waals surface area contributed by atoms with Crippen molar-refractivity contribution in [1.82, 2.24) is 5.32 Å². The van der Waals surface area contributed by atoms with Crippen LogP contribution in [0.2, 0.25) is 0 Å². The summed E-state index contributed by atoms with van der Waals surface area (Å²) in [6.07, 6.45) is 3.80. The number of rotatable bonds is 7. The number of hydrogen-bond donors (Lipinski definition) is 2. The number of halogens is 1. The van der Waals surface area contributed by atoms with Crippen LogP contribution in [0.1, 0.15) is 43.4 Å². The quantitative estimate of drug-likeness (QED) is 0.698. The molecule has 2 aromatic rings. The number of sulfonamides is 1. The van der Waals surface area contributed by atoms with Crippen molar-refractivity contribution in [3.63, 3.8) is 0 Å². The van der Waals surface area contributed by atoms with Crippen molar-refractivity contribution < 1.29 is 22.3 Å². The van der Waals surface area contributed by atoms with Crippen LogP contribution in [0.25, 0.3) is 0 Å². The Morgan fingerprint density at radius 2 is 1.90 bits per heavy atom. The summed E-state index contributed by atoms with van der Waals surface area (Å²) in [6, 6.07) is 10.2. The van der Waals surface area contributed by atoms with Gasteiger partial charge in [0.2, 0.25) is 15.9 Å². The fourth-order valence-electron chi connectivity index (χ4n) is 3.37. The molecule has 0 aromatic heterocycles. The first kappa shape index (κ1) is 22.1. The average molecular weight is 435 g/mol. The third-order valence-corrected chi connectivity index (χ3v) is 5.56. The van der Waals surface area contributed by atoms with Crippen LogP contribution in [0.5, 0.6) is 5.75 Å². The Labute approximate surface area is 176 Å². The third kappa shape index (κ3) is 6.19. The molecular formula is C22H27FN2O4S. The van der Waals surface area contributed by atoms with E-state index in [1.54, 1.807) is 6.07 Å². The average Bonchev–Trinajstić information content (AvgIpc) is 2.65. The topological polar surface area (TPSA) is 84.5 Å². The van der Waals surface area contributed by atoms with Gasteiger partial charge in [-0.05, 0) is 68.0 Å². The Morgan fingerprint density at radius 3 is 2.60 bits per heavy atom. The van der Waals surface area contributed by atoms with Gasteiger partial charge in [0.05, 0.1) is 11.9 Å². The van der Waals surface area contributed by atoms with Crippen molar-refractivity contribution >= 4 is 21.6 Å². The first-order valence-corrected chi connectivity index (χ1v) is 11.7. The normalized spacial score (nSPS) is 15.1. The van der Waals surface area contributed by atoms with Crippen molar-refractivity contribution in [2.24, 2.45) is 0 Å². The van der Waals surface area contributed by atoms with Crippen LogP contribution in [0.3, 0.4) is 0 Å². The first-order valence-electron chi connectivity index (χ1n) is 9.84. The highest BCUT2D eigenvalue weighted by molar-refractivity contribution is 7.92. The monoisotopic (exact) mass is 434 g/mol. The van der Waals surface area contributed by atoms with Crippen molar-refractivity contribution in [2.75, 3.05) is 11.0 Å². The summed E-state index contributed by atoms with van der Waals surface area (Å²) >= 11 is 0. The molecule has 2 aromatic carbocycles. The molecule has 1 aliphatic rings. The summed E-state index contributed by atoms with van der Waals surface area (Å²) in [7, 11) is -3.55. The zero-order valence-electron chi connectivity index (χ0n) is 17.4. The number of fused-ring (bicyclic) bond motifs is 1. The largest absolute Gasteiger partial charge is 0.488 e. The number of aryl methyl sites for hydroxylation is 2. The van der Waals surface area contributed by atoms with Gasteiger partial charge < -0.3 is 10.1 Å². The van der Waals surface area contributed by atoms with E-state index in [4.69, 9.17) is 4.74 Å². The Kier molecular flexibility index (Phi) is 6.36. The lowest BCUT2D eigenvalue weighted by Gasteiger charge is -2.32. The van der Waals surface area contributed by atoms with Gasteiger partial charge in [-0.3, -0.25) is 9.52 Å². The predicted octanol–water partition coefficient (Wildman–Crippen LogP) is 3.55. The SMILES string of the molecule is CC1(C)CCc2cc(CCC(=O)NCc3ccc(NS(C)(=O)=O)c(F)c3)ccc2O1. The lowest BCUT2D eigenvalue weighted by Crippen LogP contribution is -2.32. The maximum Gasteiger partial charge on any atom is 0.229 e. The summed E-state index contributed by atoms with van der Waals surface area (Å²) in [5.41, 5.74) is 2.54. The Bertz CT molecular complexity index is 1050. The van der Waals surface area contributed by atoms with Crippen LogP contribution in [-0.2, 0) is 34.2 Å². The highest BCUT2D eigenvalue weighted by atomic mass is 32.2. The van der Waals surface area contributed by atoms with E-state index in [-0.39, 0.29) is 23.7 Å². The van der Waals surface area contributed by atoms with Gasteiger partial charge in [-0.15, -0.1) is 0 Å². The van der Waals surface area contributed by atoms with Crippen molar-refractivity contribution in [2.45, 2.75) is 51.7 Å². The van der Waals surface area contributed by atoms with Crippen molar-refractivity contribution in [1.29, 1.82) is 0 Å². The summed E-state index contributed by atoms with van der Waals surface area (Å²) in [4.78, 5) is 12.2. The number of hydrogen-bond acceptors (Lipinski definition) is 4. The molecule has 1 amide bonds. The van der Waals surface area contributed by atoms with Crippen LogP contribution in [0.4, 0.5) is 10.1 Å². The summed E-state index contributed by atoms with van der Waals surface area (Å²) in [5.74, 6) is 0.0887. The van der Waals surface area contributed by atoms with E-state index in [0.29, 0.717) is 18.4 Å². The van der Waals surface area contributed by atoms with E-state index >= 15 is 0 Å². The van der Waals surface area contributed by atoms with Gasteiger partial charge in [0.25, 0.3) is 0 Å². The lowest BCUT2D eigenvalue weighted by atomic mass is 9.93. The second-order valence-corrected chi connectivity index (χ2v) is 10.0. The van der Waals surface area contributed by atoms with Crippen LogP contribution < -0.4 is 14.8 Å². The number of carbonyl (C=O) groups is 1. The standard InChI is InChI=1S/C22H27FN2O4S/c1-22(2)11-10-17-12-15(5-8-20(17)29-22)6-9-21(26)24-14-16-4-7-19(18(23)13-16)25-30(3,27)28/h4-5,7-8,12-13,25H,6,9-11,14H2,1-3H3,(H,24,26). The molecule has 0 aliphatic carbocycles. The van der Waals surface area contributed by atoms with E-state index in [2.05, 4.69) is 30.0 Å². The minimum absolute atomic E-state index is 0.118. The number of benzene rings is 2. The Balaban J connectivity index is 1.50. The summed E-state index contributed by atoms with van der Waals surface area (Å²) in [5, 5.41) is 2.77. The van der Waals surface area contributed by atoms with Gasteiger partial charge in [0, 0.05) is 13.0 Å². The second kappa shape index (κ2) is 8.63. The highest BCUT2D eigenvalue weighted by Gasteiger charge is 2.26. The molecule has 8 heteroatoms. The van der Waals surface area contributed by atoms with Crippen molar-refractivity contribution in [3.05, 3.63) is 58.9 Å².